The number of nitrogens with one attached hydrogen (secondary N) is 1. The summed E-state index contributed by atoms with van der Waals surface area (Å²) < 4.78 is 11.3. The van der Waals surface area contributed by atoms with Gasteiger partial charge < -0.3 is 19.5 Å². The van der Waals surface area contributed by atoms with Crippen LogP contribution in [0.1, 0.15) is 35.4 Å². The van der Waals surface area contributed by atoms with Crippen molar-refractivity contribution in [2.24, 2.45) is 0 Å². The number of carbonyl (C=O) groups is 2. The fourth-order valence-corrected chi connectivity index (χ4v) is 3.84. The third-order valence-electron chi connectivity index (χ3n) is 5.04. The second-order valence-electron chi connectivity index (χ2n) is 7.00. The first-order chi connectivity index (χ1) is 13.0. The van der Waals surface area contributed by atoms with Crippen molar-refractivity contribution < 1.29 is 18.8 Å². The summed E-state index contributed by atoms with van der Waals surface area (Å²) in [5.74, 6) is 1.03. The minimum absolute atomic E-state index is 0.0223. The normalized spacial score (nSPS) is 22.0. The third kappa shape index (κ3) is 3.78. The Balaban J connectivity index is 1.45. The van der Waals surface area contributed by atoms with Crippen molar-refractivity contribution in [2.75, 3.05) is 19.6 Å². The van der Waals surface area contributed by atoms with Crippen LogP contribution in [-0.4, -0.2) is 47.1 Å². The van der Waals surface area contributed by atoms with Crippen molar-refractivity contribution in [2.45, 2.75) is 31.3 Å². The molecule has 0 bridgehead atoms. The monoisotopic (exact) mass is 389 g/mol. The molecule has 0 saturated carbocycles. The van der Waals surface area contributed by atoms with E-state index in [0.29, 0.717) is 49.5 Å². The van der Waals surface area contributed by atoms with Crippen molar-refractivity contribution in [1.29, 1.82) is 0 Å². The smallest absolute Gasteiger partial charge is 0.255 e. The number of hydrogen-bond donors (Lipinski definition) is 1. The van der Waals surface area contributed by atoms with Crippen LogP contribution >= 0.6 is 11.6 Å². The van der Waals surface area contributed by atoms with Crippen molar-refractivity contribution in [3.05, 3.63) is 46.8 Å². The van der Waals surface area contributed by atoms with E-state index in [4.69, 9.17) is 20.9 Å². The van der Waals surface area contributed by atoms with Gasteiger partial charge in [0.15, 0.2) is 5.15 Å². The van der Waals surface area contributed by atoms with Crippen LogP contribution < -0.4 is 10.1 Å². The van der Waals surface area contributed by atoms with Crippen LogP contribution in [0.3, 0.4) is 0 Å². The number of nitrogens with zero attached hydrogens (tertiary/aromatic N) is 2. The van der Waals surface area contributed by atoms with Gasteiger partial charge >= 0.3 is 0 Å². The van der Waals surface area contributed by atoms with Crippen LogP contribution in [0.15, 0.2) is 34.9 Å². The quantitative estimate of drug-likeness (QED) is 0.871. The lowest BCUT2D eigenvalue weighted by molar-refractivity contribution is -0.136. The average molecular weight is 390 g/mol. The molecule has 1 N–H and O–H groups in total. The van der Waals surface area contributed by atoms with Gasteiger partial charge in [-0.05, 0) is 25.0 Å². The average Bonchev–Trinajstić information content (AvgIpc) is 3.04. The number of halogens is 1. The zero-order valence-electron chi connectivity index (χ0n) is 14.7. The summed E-state index contributed by atoms with van der Waals surface area (Å²) in [6, 6.07) is 8.83. The van der Waals surface area contributed by atoms with Crippen LogP contribution in [0, 0.1) is 0 Å². The second-order valence-corrected chi connectivity index (χ2v) is 7.39. The second kappa shape index (κ2) is 7.23. The molecule has 3 heterocycles. The fraction of sp³-hybridized carbons (Fsp3) is 0.421. The number of carbonyl (C=O) groups excluding carboxylic acids is 2. The lowest BCUT2D eigenvalue weighted by Crippen LogP contribution is -2.57. The van der Waals surface area contributed by atoms with Gasteiger partial charge in [0.2, 0.25) is 5.91 Å². The molecule has 0 aliphatic carbocycles. The fourth-order valence-electron chi connectivity index (χ4n) is 3.68. The number of aromatic nitrogens is 1. The molecule has 7 nitrogen and oxygen atoms in total. The lowest BCUT2D eigenvalue weighted by atomic mass is 9.92. The number of para-hydroxylation sites is 1. The van der Waals surface area contributed by atoms with E-state index in [-0.39, 0.29) is 17.0 Å². The Bertz CT molecular complexity index is 868. The van der Waals surface area contributed by atoms with Gasteiger partial charge in [-0.25, -0.2) is 0 Å². The predicted octanol–water partition coefficient (Wildman–Crippen LogP) is 2.44. The zero-order chi connectivity index (χ0) is 18.9. The Morgan fingerprint density at radius 2 is 2.22 bits per heavy atom. The number of benzene rings is 1. The van der Waals surface area contributed by atoms with E-state index in [9.17, 15) is 9.59 Å². The Kier molecular flexibility index (Phi) is 4.78. The minimum Gasteiger partial charge on any atom is -0.483 e. The predicted molar refractivity (Wildman–Crippen MR) is 97.8 cm³/mol. The van der Waals surface area contributed by atoms with E-state index in [2.05, 4.69) is 10.5 Å². The Morgan fingerprint density at radius 3 is 3.04 bits per heavy atom. The van der Waals surface area contributed by atoms with Gasteiger partial charge in [0.05, 0.1) is 18.7 Å². The van der Waals surface area contributed by atoms with Crippen LogP contribution in [0.25, 0.3) is 0 Å². The summed E-state index contributed by atoms with van der Waals surface area (Å²) in [5.41, 5.74) is -0.0776. The van der Waals surface area contributed by atoms with E-state index < -0.39 is 5.60 Å². The number of likely N-dealkylation sites (tertiary alicyclic amines) is 1. The molecule has 142 valence electrons. The molecule has 1 unspecified atom stereocenters. The van der Waals surface area contributed by atoms with Crippen LogP contribution in [-0.2, 0) is 11.2 Å². The molecule has 2 aliphatic heterocycles. The van der Waals surface area contributed by atoms with Crippen molar-refractivity contribution >= 4 is 23.4 Å². The SMILES string of the molecule is O=C1NCC2(CCCN(C(=O)CCc3cc(Cl)no3)C2)Oc2ccccc21. The zero-order valence-corrected chi connectivity index (χ0v) is 15.5. The molecule has 27 heavy (non-hydrogen) atoms. The van der Waals surface area contributed by atoms with Gasteiger partial charge in [-0.1, -0.05) is 28.9 Å². The lowest BCUT2D eigenvalue weighted by Gasteiger charge is -2.42. The van der Waals surface area contributed by atoms with Crippen LogP contribution in [0.4, 0.5) is 0 Å². The molecular formula is C19H20ClN3O4. The number of aryl methyl sites for hydroxylation is 1. The molecule has 2 aromatic rings. The molecule has 2 amide bonds. The van der Waals surface area contributed by atoms with Gasteiger partial charge in [-0.3, -0.25) is 9.59 Å². The van der Waals surface area contributed by atoms with Crippen LogP contribution in [0.2, 0.25) is 5.15 Å². The minimum atomic E-state index is -0.605. The number of amides is 2. The molecular weight excluding hydrogens is 370 g/mol. The van der Waals surface area contributed by atoms with Crippen LogP contribution in [0.5, 0.6) is 5.75 Å². The summed E-state index contributed by atoms with van der Waals surface area (Å²) in [6.45, 7) is 1.50. The third-order valence-corrected chi connectivity index (χ3v) is 5.21. The molecule has 1 aromatic carbocycles. The van der Waals surface area contributed by atoms with Gasteiger partial charge in [-0.15, -0.1) is 0 Å². The largest absolute Gasteiger partial charge is 0.483 e. The number of hydrogen-bond acceptors (Lipinski definition) is 5. The number of ether oxygens (including phenoxy) is 1. The summed E-state index contributed by atoms with van der Waals surface area (Å²) >= 11 is 5.74. The molecule has 1 fully saturated rings. The van der Waals surface area contributed by atoms with Crippen molar-refractivity contribution in [1.82, 2.24) is 15.4 Å². The molecule has 8 heteroatoms. The van der Waals surface area contributed by atoms with Gasteiger partial charge in [0.25, 0.3) is 5.91 Å². The molecule has 0 radical (unpaired) electrons. The highest BCUT2D eigenvalue weighted by atomic mass is 35.5. The van der Waals surface area contributed by atoms with E-state index >= 15 is 0 Å². The summed E-state index contributed by atoms with van der Waals surface area (Å²) in [7, 11) is 0. The maximum absolute atomic E-state index is 12.7. The van der Waals surface area contributed by atoms with E-state index in [1.807, 2.05) is 17.0 Å². The number of rotatable bonds is 3. The highest BCUT2D eigenvalue weighted by molar-refractivity contribution is 6.29. The Hall–Kier alpha value is -2.54. The first-order valence-electron chi connectivity index (χ1n) is 9.00. The summed E-state index contributed by atoms with van der Waals surface area (Å²) in [5, 5.41) is 6.85. The number of fused-ring (bicyclic) bond motifs is 1. The molecule has 1 aromatic heterocycles. The summed E-state index contributed by atoms with van der Waals surface area (Å²) in [4.78, 5) is 26.8. The van der Waals surface area contributed by atoms with E-state index in [0.717, 1.165) is 12.8 Å². The molecule has 2 aliphatic rings. The Morgan fingerprint density at radius 1 is 1.37 bits per heavy atom. The topological polar surface area (TPSA) is 84.7 Å². The van der Waals surface area contributed by atoms with Gasteiger partial charge in [0, 0.05) is 25.5 Å². The molecule has 4 rings (SSSR count). The molecule has 1 saturated heterocycles. The Labute approximate surface area is 161 Å². The van der Waals surface area contributed by atoms with E-state index in [1.165, 1.54) is 0 Å². The van der Waals surface area contributed by atoms with Gasteiger partial charge in [-0.2, -0.15) is 0 Å². The van der Waals surface area contributed by atoms with Crippen molar-refractivity contribution in [3.63, 3.8) is 0 Å². The standard InChI is InChI=1S/C19H20ClN3O4/c20-16-10-13(27-22-16)6-7-17(24)23-9-3-8-19(12-23)11-21-18(25)14-4-1-2-5-15(14)26-19/h1-2,4-5,10H,3,6-9,11-12H2,(H,21,25). The summed E-state index contributed by atoms with van der Waals surface area (Å²) in [6.07, 6.45) is 2.36. The first-order valence-corrected chi connectivity index (χ1v) is 9.38. The maximum atomic E-state index is 12.7. The van der Waals surface area contributed by atoms with E-state index in [1.54, 1.807) is 18.2 Å². The van der Waals surface area contributed by atoms with Gasteiger partial charge in [0.1, 0.15) is 17.1 Å². The number of piperidine rings is 1. The first kappa shape index (κ1) is 17.9. The molecule has 1 spiro atoms. The maximum Gasteiger partial charge on any atom is 0.255 e. The van der Waals surface area contributed by atoms with Crippen molar-refractivity contribution in [3.8, 4) is 5.75 Å². The highest BCUT2D eigenvalue weighted by Gasteiger charge is 2.41. The highest BCUT2D eigenvalue weighted by Crippen LogP contribution is 2.32. The molecule has 1 atom stereocenters.